The first kappa shape index (κ1) is 16.4. The van der Waals surface area contributed by atoms with E-state index >= 15 is 0 Å². The summed E-state index contributed by atoms with van der Waals surface area (Å²) in [5, 5.41) is 0. The van der Waals surface area contributed by atoms with E-state index in [1.165, 1.54) is 6.07 Å². The van der Waals surface area contributed by atoms with Crippen molar-refractivity contribution in [3.05, 3.63) is 68.9 Å². The Bertz CT molecular complexity index is 694. The van der Waals surface area contributed by atoms with Crippen molar-refractivity contribution >= 4 is 0 Å². The highest BCUT2D eigenvalue weighted by atomic mass is 19.1. The second-order valence-electron chi connectivity index (χ2n) is 5.71. The lowest BCUT2D eigenvalue weighted by Crippen LogP contribution is -2.26. The minimum absolute atomic E-state index is 0.0797. The van der Waals surface area contributed by atoms with Gasteiger partial charge >= 0.3 is 0 Å². The van der Waals surface area contributed by atoms with Gasteiger partial charge in [-0.25, -0.2) is 4.39 Å². The lowest BCUT2D eigenvalue weighted by molar-refractivity contribution is 0.250. The molecule has 0 bridgehead atoms. The van der Waals surface area contributed by atoms with Crippen LogP contribution in [0, 0.1) is 19.7 Å². The molecule has 0 atom stereocenters. The second kappa shape index (κ2) is 7.36. The van der Waals surface area contributed by atoms with E-state index < -0.39 is 0 Å². The molecule has 1 heterocycles. The van der Waals surface area contributed by atoms with Crippen LogP contribution in [0.2, 0.25) is 0 Å². The molecule has 0 aliphatic heterocycles. The van der Waals surface area contributed by atoms with Crippen LogP contribution in [0.1, 0.15) is 35.7 Å². The molecule has 0 amide bonds. The van der Waals surface area contributed by atoms with E-state index in [0.717, 1.165) is 29.8 Å². The van der Waals surface area contributed by atoms with E-state index in [2.05, 4.69) is 16.8 Å². The second-order valence-corrected chi connectivity index (χ2v) is 5.71. The average Bonchev–Trinajstić information content (AvgIpc) is 2.50. The first-order valence-corrected chi connectivity index (χ1v) is 7.66. The highest BCUT2D eigenvalue weighted by Gasteiger charge is 2.12. The summed E-state index contributed by atoms with van der Waals surface area (Å²) in [6.45, 7) is 7.75. The van der Waals surface area contributed by atoms with E-state index in [4.69, 9.17) is 0 Å². The van der Waals surface area contributed by atoms with Crippen molar-refractivity contribution < 1.29 is 4.39 Å². The van der Waals surface area contributed by atoms with Gasteiger partial charge in [-0.05, 0) is 32.9 Å². The molecule has 2 aromatic rings. The molecule has 0 radical (unpaired) electrons. The predicted octanol–water partition coefficient (Wildman–Crippen LogP) is 3.54. The van der Waals surface area contributed by atoms with Crippen LogP contribution in [0.4, 0.5) is 4.39 Å². The molecule has 0 spiro atoms. The van der Waals surface area contributed by atoms with Crippen molar-refractivity contribution in [2.45, 2.75) is 40.3 Å². The van der Waals surface area contributed by atoms with Gasteiger partial charge in [0.1, 0.15) is 5.82 Å². The van der Waals surface area contributed by atoms with E-state index in [1.54, 1.807) is 19.2 Å². The summed E-state index contributed by atoms with van der Waals surface area (Å²) in [4.78, 5) is 17.4. The Kier molecular flexibility index (Phi) is 5.50. The third-order valence-corrected chi connectivity index (χ3v) is 3.89. The lowest BCUT2D eigenvalue weighted by Gasteiger charge is -2.23. The number of hydrogen-bond donors (Lipinski definition) is 1. The monoisotopic (exact) mass is 302 g/mol. The molecule has 1 aromatic carbocycles. The van der Waals surface area contributed by atoms with Gasteiger partial charge in [-0.15, -0.1) is 0 Å². The predicted molar refractivity (Wildman–Crippen MR) is 87.3 cm³/mol. The maximum atomic E-state index is 13.8. The Morgan fingerprint density at radius 3 is 2.59 bits per heavy atom. The van der Waals surface area contributed by atoms with Crippen LogP contribution in [-0.2, 0) is 13.1 Å². The molecular formula is C18H23FN2O. The fraction of sp³-hybridized carbons (Fsp3) is 0.389. The van der Waals surface area contributed by atoms with E-state index in [0.29, 0.717) is 18.7 Å². The van der Waals surface area contributed by atoms with Gasteiger partial charge in [0.2, 0.25) is 0 Å². The summed E-state index contributed by atoms with van der Waals surface area (Å²) in [5.41, 5.74) is 3.13. The molecule has 4 heteroatoms. The maximum Gasteiger partial charge on any atom is 0.187 e. The van der Waals surface area contributed by atoms with Gasteiger partial charge in [0.05, 0.1) is 0 Å². The quantitative estimate of drug-likeness (QED) is 0.886. The van der Waals surface area contributed by atoms with Crippen LogP contribution in [0.3, 0.4) is 0 Å². The molecular weight excluding hydrogens is 279 g/mol. The van der Waals surface area contributed by atoms with Gasteiger partial charge in [-0.3, -0.25) is 9.69 Å². The molecule has 0 unspecified atom stereocenters. The SMILES string of the molecule is CCCN(Cc1ccccc1F)Cc1[nH]cc(C)c(=O)c1C. The summed E-state index contributed by atoms with van der Waals surface area (Å²) < 4.78 is 13.8. The zero-order valence-electron chi connectivity index (χ0n) is 13.4. The lowest BCUT2D eigenvalue weighted by atomic mass is 10.1. The summed E-state index contributed by atoms with van der Waals surface area (Å²) in [7, 11) is 0. The minimum Gasteiger partial charge on any atom is -0.363 e. The normalized spacial score (nSPS) is 11.1. The van der Waals surface area contributed by atoms with Crippen LogP contribution < -0.4 is 5.43 Å². The zero-order valence-corrected chi connectivity index (χ0v) is 13.4. The van der Waals surface area contributed by atoms with Gasteiger partial charge in [0.25, 0.3) is 0 Å². The van der Waals surface area contributed by atoms with Crippen LogP contribution in [0.5, 0.6) is 0 Å². The summed E-state index contributed by atoms with van der Waals surface area (Å²) in [5.74, 6) is -0.183. The standard InChI is InChI=1S/C18H23FN2O/c1-4-9-21(11-15-7-5-6-8-16(15)19)12-17-14(3)18(22)13(2)10-20-17/h5-8,10H,4,9,11-12H2,1-3H3,(H,20,22). The number of aryl methyl sites for hydroxylation is 1. The van der Waals surface area contributed by atoms with Crippen LogP contribution in [-0.4, -0.2) is 16.4 Å². The van der Waals surface area contributed by atoms with Crippen LogP contribution in [0.15, 0.2) is 35.3 Å². The van der Waals surface area contributed by atoms with Gasteiger partial charge in [0, 0.05) is 41.7 Å². The molecule has 0 aliphatic rings. The number of benzene rings is 1. The number of hydrogen-bond acceptors (Lipinski definition) is 2. The first-order chi connectivity index (χ1) is 10.5. The molecule has 0 saturated heterocycles. The molecule has 2 rings (SSSR count). The van der Waals surface area contributed by atoms with E-state index in [9.17, 15) is 9.18 Å². The van der Waals surface area contributed by atoms with Crippen LogP contribution >= 0.6 is 0 Å². The number of rotatable bonds is 6. The van der Waals surface area contributed by atoms with Gasteiger partial charge in [-0.1, -0.05) is 25.1 Å². The van der Waals surface area contributed by atoms with Crippen LogP contribution in [0.25, 0.3) is 0 Å². The number of pyridine rings is 1. The Hall–Kier alpha value is -1.94. The highest BCUT2D eigenvalue weighted by molar-refractivity contribution is 5.24. The Morgan fingerprint density at radius 2 is 1.91 bits per heavy atom. The Balaban J connectivity index is 2.21. The molecule has 3 nitrogen and oxygen atoms in total. The molecule has 22 heavy (non-hydrogen) atoms. The van der Waals surface area contributed by atoms with Gasteiger partial charge < -0.3 is 4.98 Å². The van der Waals surface area contributed by atoms with Crippen molar-refractivity contribution in [3.8, 4) is 0 Å². The molecule has 0 aliphatic carbocycles. The number of nitrogens with one attached hydrogen (secondary N) is 1. The number of H-pyrrole nitrogens is 1. The summed E-state index contributed by atoms with van der Waals surface area (Å²) in [6.07, 6.45) is 2.72. The van der Waals surface area contributed by atoms with Crippen molar-refractivity contribution in [3.63, 3.8) is 0 Å². The van der Waals surface area contributed by atoms with Crippen molar-refractivity contribution in [2.75, 3.05) is 6.54 Å². The highest BCUT2D eigenvalue weighted by Crippen LogP contribution is 2.13. The van der Waals surface area contributed by atoms with Crippen molar-refractivity contribution in [1.82, 2.24) is 9.88 Å². The number of aromatic nitrogens is 1. The molecule has 0 fully saturated rings. The fourth-order valence-corrected chi connectivity index (χ4v) is 2.59. The number of halogens is 1. The van der Waals surface area contributed by atoms with Crippen molar-refractivity contribution in [2.24, 2.45) is 0 Å². The van der Waals surface area contributed by atoms with E-state index in [-0.39, 0.29) is 11.2 Å². The average molecular weight is 302 g/mol. The smallest absolute Gasteiger partial charge is 0.187 e. The first-order valence-electron chi connectivity index (χ1n) is 7.66. The molecule has 0 saturated carbocycles. The summed E-state index contributed by atoms with van der Waals surface area (Å²) >= 11 is 0. The molecule has 118 valence electrons. The van der Waals surface area contributed by atoms with Gasteiger partial charge in [0.15, 0.2) is 5.43 Å². The minimum atomic E-state index is -0.183. The Morgan fingerprint density at radius 1 is 1.18 bits per heavy atom. The number of aromatic amines is 1. The van der Waals surface area contributed by atoms with Gasteiger partial charge in [-0.2, -0.15) is 0 Å². The maximum absolute atomic E-state index is 13.8. The number of nitrogens with zero attached hydrogens (tertiary/aromatic N) is 1. The van der Waals surface area contributed by atoms with E-state index in [1.807, 2.05) is 19.1 Å². The third-order valence-electron chi connectivity index (χ3n) is 3.89. The Labute approximate surface area is 130 Å². The summed E-state index contributed by atoms with van der Waals surface area (Å²) in [6, 6.07) is 6.84. The zero-order chi connectivity index (χ0) is 16.1. The van der Waals surface area contributed by atoms with Crippen molar-refractivity contribution in [1.29, 1.82) is 0 Å². The topological polar surface area (TPSA) is 36.1 Å². The third kappa shape index (κ3) is 3.83. The fourth-order valence-electron chi connectivity index (χ4n) is 2.59. The largest absolute Gasteiger partial charge is 0.363 e. The molecule has 1 N–H and O–H groups in total. The molecule has 1 aromatic heterocycles.